The maximum absolute atomic E-state index is 12.3. The normalized spacial score (nSPS) is 15.5. The highest BCUT2D eigenvalue weighted by Gasteiger charge is 2.26. The summed E-state index contributed by atoms with van der Waals surface area (Å²) >= 11 is 0. The lowest BCUT2D eigenvalue weighted by Crippen LogP contribution is -2.41. The number of rotatable bonds is 7. The van der Waals surface area contributed by atoms with Gasteiger partial charge in [-0.2, -0.15) is 0 Å². The third-order valence-corrected chi connectivity index (χ3v) is 4.66. The van der Waals surface area contributed by atoms with E-state index in [9.17, 15) is 4.79 Å². The van der Waals surface area contributed by atoms with E-state index in [1.54, 1.807) is 6.33 Å². The van der Waals surface area contributed by atoms with Crippen LogP contribution in [0.4, 0.5) is 5.82 Å². The molecule has 1 N–H and O–H groups in total. The third kappa shape index (κ3) is 4.45. The van der Waals surface area contributed by atoms with Crippen LogP contribution in [-0.4, -0.2) is 48.7 Å². The second-order valence-corrected chi connectivity index (χ2v) is 6.32. The molecule has 0 aliphatic carbocycles. The molecule has 1 amide bonds. The molecule has 0 bridgehead atoms. The Morgan fingerprint density at radius 1 is 1.28 bits per heavy atom. The fraction of sp³-hybridized carbons (Fsp3) is 0.526. The molecule has 0 spiro atoms. The number of hydrogen-bond donors (Lipinski definition) is 1. The lowest BCUT2D eigenvalue weighted by atomic mass is 9.95. The summed E-state index contributed by atoms with van der Waals surface area (Å²) in [6, 6.07) is 8.06. The summed E-state index contributed by atoms with van der Waals surface area (Å²) < 4.78 is 5.29. The molecule has 1 aromatic carbocycles. The molecule has 2 aromatic rings. The van der Waals surface area contributed by atoms with E-state index in [0.717, 1.165) is 55.7 Å². The minimum atomic E-state index is 0.0939. The van der Waals surface area contributed by atoms with Gasteiger partial charge in [0.1, 0.15) is 12.1 Å². The molecule has 1 aliphatic rings. The molecule has 25 heavy (non-hydrogen) atoms. The number of benzene rings is 1. The first-order valence-corrected chi connectivity index (χ1v) is 9.09. The molecule has 6 heteroatoms. The Hall–Kier alpha value is -2.21. The van der Waals surface area contributed by atoms with E-state index in [-0.39, 0.29) is 11.8 Å². The topological polar surface area (TPSA) is 67.3 Å². The molecule has 3 rings (SSSR count). The summed E-state index contributed by atoms with van der Waals surface area (Å²) in [7, 11) is 0. The number of fused-ring (bicyclic) bond motifs is 1. The van der Waals surface area contributed by atoms with Crippen molar-refractivity contribution in [2.45, 2.75) is 26.2 Å². The number of carbonyl (C=O) groups is 1. The quantitative estimate of drug-likeness (QED) is 0.783. The summed E-state index contributed by atoms with van der Waals surface area (Å²) in [6.07, 6.45) is 4.20. The number of amides is 1. The van der Waals surface area contributed by atoms with Gasteiger partial charge in [-0.3, -0.25) is 4.79 Å². The van der Waals surface area contributed by atoms with Gasteiger partial charge < -0.3 is 15.0 Å². The van der Waals surface area contributed by atoms with Crippen molar-refractivity contribution in [3.05, 3.63) is 30.6 Å². The van der Waals surface area contributed by atoms with E-state index in [1.165, 1.54) is 0 Å². The second kappa shape index (κ2) is 8.76. The Balaban J connectivity index is 1.52. The van der Waals surface area contributed by atoms with E-state index in [4.69, 9.17) is 4.74 Å². The second-order valence-electron chi connectivity index (χ2n) is 6.32. The van der Waals surface area contributed by atoms with Gasteiger partial charge in [-0.25, -0.2) is 9.97 Å². The van der Waals surface area contributed by atoms with Crippen molar-refractivity contribution in [2.75, 3.05) is 37.7 Å². The van der Waals surface area contributed by atoms with Crippen molar-refractivity contribution in [1.82, 2.24) is 15.3 Å². The Labute approximate surface area is 148 Å². The summed E-state index contributed by atoms with van der Waals surface area (Å²) in [5.41, 5.74) is 0.960. The van der Waals surface area contributed by atoms with Gasteiger partial charge in [0.2, 0.25) is 5.91 Å². The van der Waals surface area contributed by atoms with Gasteiger partial charge in [-0.05, 0) is 38.3 Å². The standard InChI is InChI=1S/C19H26N4O2/c1-2-25-13-5-10-20-19(24)15-8-11-23(12-9-15)18-16-6-3-4-7-17(16)21-14-22-18/h3-4,6-7,14-15H,2,5,8-13H2,1H3,(H,20,24). The lowest BCUT2D eigenvalue weighted by Gasteiger charge is -2.32. The van der Waals surface area contributed by atoms with Crippen LogP contribution in [0.2, 0.25) is 0 Å². The third-order valence-electron chi connectivity index (χ3n) is 4.66. The number of ether oxygens (including phenoxy) is 1. The van der Waals surface area contributed by atoms with Crippen LogP contribution in [0.5, 0.6) is 0 Å². The van der Waals surface area contributed by atoms with Crippen LogP contribution in [0.25, 0.3) is 10.9 Å². The van der Waals surface area contributed by atoms with Crippen molar-refractivity contribution in [3.8, 4) is 0 Å². The zero-order valence-electron chi connectivity index (χ0n) is 14.8. The monoisotopic (exact) mass is 342 g/mol. The molecular formula is C19H26N4O2. The van der Waals surface area contributed by atoms with E-state index in [1.807, 2.05) is 25.1 Å². The van der Waals surface area contributed by atoms with Gasteiger partial charge in [-0.15, -0.1) is 0 Å². The summed E-state index contributed by atoms with van der Waals surface area (Å²) in [6.45, 7) is 5.79. The van der Waals surface area contributed by atoms with E-state index in [2.05, 4.69) is 26.3 Å². The molecule has 1 aromatic heterocycles. The van der Waals surface area contributed by atoms with E-state index < -0.39 is 0 Å². The van der Waals surface area contributed by atoms with E-state index >= 15 is 0 Å². The molecule has 2 heterocycles. The Morgan fingerprint density at radius 2 is 2.08 bits per heavy atom. The maximum Gasteiger partial charge on any atom is 0.223 e. The van der Waals surface area contributed by atoms with Gasteiger partial charge in [0, 0.05) is 44.2 Å². The largest absolute Gasteiger partial charge is 0.382 e. The number of nitrogens with one attached hydrogen (secondary N) is 1. The van der Waals surface area contributed by atoms with Crippen molar-refractivity contribution in [1.29, 1.82) is 0 Å². The lowest BCUT2D eigenvalue weighted by molar-refractivity contribution is -0.125. The average molecular weight is 342 g/mol. The predicted molar refractivity (Wildman–Crippen MR) is 98.6 cm³/mol. The molecule has 134 valence electrons. The van der Waals surface area contributed by atoms with Crippen molar-refractivity contribution in [2.24, 2.45) is 5.92 Å². The highest BCUT2D eigenvalue weighted by molar-refractivity contribution is 5.89. The number of aromatic nitrogens is 2. The number of anilines is 1. The van der Waals surface area contributed by atoms with Crippen molar-refractivity contribution in [3.63, 3.8) is 0 Å². The SMILES string of the molecule is CCOCCCNC(=O)C1CCN(c2ncnc3ccccc23)CC1. The number of para-hydroxylation sites is 1. The van der Waals surface area contributed by atoms with Gasteiger partial charge in [0.25, 0.3) is 0 Å². The molecule has 1 fully saturated rings. The fourth-order valence-corrected chi connectivity index (χ4v) is 3.27. The Morgan fingerprint density at radius 3 is 2.88 bits per heavy atom. The van der Waals surface area contributed by atoms with Crippen LogP contribution in [0.1, 0.15) is 26.2 Å². The Bertz CT molecular complexity index is 693. The maximum atomic E-state index is 12.3. The predicted octanol–water partition coefficient (Wildman–Crippen LogP) is 2.39. The Kier molecular flexibility index (Phi) is 6.17. The molecule has 6 nitrogen and oxygen atoms in total. The first kappa shape index (κ1) is 17.6. The molecule has 0 saturated carbocycles. The molecule has 1 aliphatic heterocycles. The first-order chi connectivity index (χ1) is 12.3. The molecule has 0 atom stereocenters. The van der Waals surface area contributed by atoms with Crippen LogP contribution >= 0.6 is 0 Å². The zero-order chi connectivity index (χ0) is 17.5. The summed E-state index contributed by atoms with van der Waals surface area (Å²) in [4.78, 5) is 23.4. The highest BCUT2D eigenvalue weighted by Crippen LogP contribution is 2.27. The minimum Gasteiger partial charge on any atom is -0.382 e. The van der Waals surface area contributed by atoms with Gasteiger partial charge >= 0.3 is 0 Å². The van der Waals surface area contributed by atoms with Crippen LogP contribution in [0.15, 0.2) is 30.6 Å². The summed E-state index contributed by atoms with van der Waals surface area (Å²) in [5.74, 6) is 1.24. The molecule has 1 saturated heterocycles. The minimum absolute atomic E-state index is 0.0939. The zero-order valence-corrected chi connectivity index (χ0v) is 14.8. The number of carbonyl (C=O) groups excluding carboxylic acids is 1. The van der Waals surface area contributed by atoms with Gasteiger partial charge in [0.15, 0.2) is 0 Å². The van der Waals surface area contributed by atoms with Crippen LogP contribution < -0.4 is 10.2 Å². The number of piperidine rings is 1. The van der Waals surface area contributed by atoms with Crippen LogP contribution in [-0.2, 0) is 9.53 Å². The van der Waals surface area contributed by atoms with Crippen molar-refractivity contribution < 1.29 is 9.53 Å². The van der Waals surface area contributed by atoms with Gasteiger partial charge in [-0.1, -0.05) is 12.1 Å². The summed E-state index contributed by atoms with van der Waals surface area (Å²) in [5, 5.41) is 4.11. The smallest absolute Gasteiger partial charge is 0.223 e. The van der Waals surface area contributed by atoms with Crippen molar-refractivity contribution >= 4 is 22.6 Å². The first-order valence-electron chi connectivity index (χ1n) is 9.09. The van der Waals surface area contributed by atoms with Crippen LogP contribution in [0, 0.1) is 5.92 Å². The molecule has 0 radical (unpaired) electrons. The molecular weight excluding hydrogens is 316 g/mol. The number of nitrogens with zero attached hydrogens (tertiary/aromatic N) is 3. The molecule has 0 unspecified atom stereocenters. The highest BCUT2D eigenvalue weighted by atomic mass is 16.5. The van der Waals surface area contributed by atoms with Crippen LogP contribution in [0.3, 0.4) is 0 Å². The van der Waals surface area contributed by atoms with Gasteiger partial charge in [0.05, 0.1) is 5.52 Å². The number of hydrogen-bond acceptors (Lipinski definition) is 5. The average Bonchev–Trinajstić information content (AvgIpc) is 2.67. The fourth-order valence-electron chi connectivity index (χ4n) is 3.27. The van der Waals surface area contributed by atoms with E-state index in [0.29, 0.717) is 13.2 Å².